The van der Waals surface area contributed by atoms with Gasteiger partial charge in [-0.1, -0.05) is 12.1 Å². The maximum Gasteiger partial charge on any atom is 0.253 e. The lowest BCUT2D eigenvalue weighted by Gasteiger charge is -2.05. The number of carbonyl (C=O) groups is 2. The number of nitrogens with one attached hydrogen (secondary N) is 2. The first-order valence-electron chi connectivity index (χ1n) is 5.38. The van der Waals surface area contributed by atoms with Crippen LogP contribution in [0.15, 0.2) is 24.3 Å². The van der Waals surface area contributed by atoms with Crippen LogP contribution in [-0.4, -0.2) is 30.4 Å². The quantitative estimate of drug-likeness (QED) is 0.764. The lowest BCUT2D eigenvalue weighted by Crippen LogP contribution is -2.24. The van der Waals surface area contributed by atoms with Crippen molar-refractivity contribution in [3.63, 3.8) is 0 Å². The van der Waals surface area contributed by atoms with Crippen LogP contribution in [0, 0.1) is 6.92 Å². The normalized spacial score (nSPS) is 9.89. The zero-order valence-corrected chi connectivity index (χ0v) is 11.2. The number of benzene rings is 1. The molecule has 0 spiro atoms. The molecule has 18 heavy (non-hydrogen) atoms. The fourth-order valence-corrected chi connectivity index (χ4v) is 1.90. The van der Waals surface area contributed by atoms with Crippen LogP contribution in [0.25, 0.3) is 0 Å². The van der Waals surface area contributed by atoms with E-state index in [1.165, 1.54) is 18.9 Å². The Bertz CT molecular complexity index is 424. The largest absolute Gasteiger partial charge is 0.325 e. The van der Waals surface area contributed by atoms with Crippen LogP contribution in [0.3, 0.4) is 0 Å². The molecule has 0 aliphatic heterocycles. The van der Waals surface area contributed by atoms with Crippen LogP contribution < -0.4 is 10.8 Å². The summed E-state index contributed by atoms with van der Waals surface area (Å²) in [5.74, 6) is 0.0295. The number of aryl methyl sites for hydroxylation is 1. The third-order valence-electron chi connectivity index (χ3n) is 1.98. The number of hydrogen-bond donors (Lipinski definition) is 2. The van der Waals surface area contributed by atoms with Crippen molar-refractivity contribution in [1.29, 1.82) is 0 Å². The van der Waals surface area contributed by atoms with Crippen LogP contribution in [0.5, 0.6) is 0 Å². The van der Waals surface area contributed by atoms with Gasteiger partial charge in [0.25, 0.3) is 5.91 Å². The molecule has 2 N–H and O–H groups in total. The molecule has 0 atom stereocenters. The van der Waals surface area contributed by atoms with Gasteiger partial charge in [0, 0.05) is 5.69 Å². The van der Waals surface area contributed by atoms with Crippen molar-refractivity contribution in [2.24, 2.45) is 0 Å². The van der Waals surface area contributed by atoms with Crippen LogP contribution in [0.2, 0.25) is 0 Å². The molecule has 0 aromatic heterocycles. The first-order valence-corrected chi connectivity index (χ1v) is 6.53. The van der Waals surface area contributed by atoms with Crippen LogP contribution in [-0.2, 0) is 14.4 Å². The average Bonchev–Trinajstić information content (AvgIpc) is 2.29. The molecular formula is C12H16N2O3S. The van der Waals surface area contributed by atoms with E-state index in [1.54, 1.807) is 0 Å². The van der Waals surface area contributed by atoms with Gasteiger partial charge in [-0.05, 0) is 24.6 Å². The monoisotopic (exact) mass is 268 g/mol. The van der Waals surface area contributed by atoms with E-state index in [-0.39, 0.29) is 23.3 Å². The van der Waals surface area contributed by atoms with Gasteiger partial charge in [0.15, 0.2) is 0 Å². The second kappa shape index (κ2) is 7.73. The van der Waals surface area contributed by atoms with Crippen molar-refractivity contribution in [3.8, 4) is 0 Å². The van der Waals surface area contributed by atoms with Gasteiger partial charge in [-0.15, -0.1) is 11.8 Å². The summed E-state index contributed by atoms with van der Waals surface area (Å²) in [5.41, 5.74) is 4.03. The summed E-state index contributed by atoms with van der Waals surface area (Å²) < 4.78 is 0. The van der Waals surface area contributed by atoms with Gasteiger partial charge >= 0.3 is 0 Å². The number of hydroxylamine groups is 1. The molecule has 98 valence electrons. The van der Waals surface area contributed by atoms with Gasteiger partial charge in [0.05, 0.1) is 18.6 Å². The number of rotatable bonds is 6. The summed E-state index contributed by atoms with van der Waals surface area (Å²) >= 11 is 1.23. The van der Waals surface area contributed by atoms with Gasteiger partial charge in [-0.25, -0.2) is 5.48 Å². The molecule has 0 unspecified atom stereocenters. The number of carbonyl (C=O) groups excluding carboxylic acids is 2. The molecule has 6 heteroatoms. The van der Waals surface area contributed by atoms with E-state index in [4.69, 9.17) is 0 Å². The summed E-state index contributed by atoms with van der Waals surface area (Å²) in [6.07, 6.45) is 0. The predicted molar refractivity (Wildman–Crippen MR) is 72.3 cm³/mol. The van der Waals surface area contributed by atoms with Gasteiger partial charge in [0.2, 0.25) is 5.91 Å². The first-order chi connectivity index (χ1) is 8.61. The molecule has 0 radical (unpaired) electrons. The maximum absolute atomic E-state index is 11.6. The zero-order valence-electron chi connectivity index (χ0n) is 10.4. The summed E-state index contributed by atoms with van der Waals surface area (Å²) in [6, 6.07) is 7.55. The summed E-state index contributed by atoms with van der Waals surface area (Å²) in [5, 5.41) is 2.77. The molecule has 1 aromatic carbocycles. The maximum atomic E-state index is 11.6. The fraction of sp³-hybridized carbons (Fsp3) is 0.333. The highest BCUT2D eigenvalue weighted by Crippen LogP contribution is 2.10. The Hall–Kier alpha value is -1.53. The number of thioether (sulfide) groups is 1. The minimum atomic E-state index is -0.258. The predicted octanol–water partition coefficient (Wildman–Crippen LogP) is 1.34. The summed E-state index contributed by atoms with van der Waals surface area (Å²) in [6.45, 7) is 1.96. The van der Waals surface area contributed by atoms with Gasteiger partial charge in [-0.3, -0.25) is 14.4 Å². The molecule has 5 nitrogen and oxygen atoms in total. The molecular weight excluding hydrogens is 252 g/mol. The Morgan fingerprint density at radius 3 is 2.67 bits per heavy atom. The van der Waals surface area contributed by atoms with E-state index in [0.717, 1.165) is 11.3 Å². The Labute approximate surface area is 110 Å². The molecule has 0 heterocycles. The highest BCUT2D eigenvalue weighted by atomic mass is 32.2. The second-order valence-electron chi connectivity index (χ2n) is 3.64. The van der Waals surface area contributed by atoms with Crippen LogP contribution in [0.4, 0.5) is 5.69 Å². The highest BCUT2D eigenvalue weighted by molar-refractivity contribution is 8.00. The molecule has 0 saturated carbocycles. The smallest absolute Gasteiger partial charge is 0.253 e. The Balaban J connectivity index is 2.28. The van der Waals surface area contributed by atoms with Gasteiger partial charge in [-0.2, -0.15) is 0 Å². The summed E-state index contributed by atoms with van der Waals surface area (Å²) in [4.78, 5) is 27.1. The molecule has 1 aromatic rings. The van der Waals surface area contributed by atoms with Crippen molar-refractivity contribution >= 4 is 29.3 Å². The fourth-order valence-electron chi connectivity index (χ4n) is 1.30. The van der Waals surface area contributed by atoms with E-state index < -0.39 is 0 Å². The summed E-state index contributed by atoms with van der Waals surface area (Å²) in [7, 11) is 1.37. The molecule has 1 rings (SSSR count). The third-order valence-corrected chi connectivity index (χ3v) is 2.92. The minimum absolute atomic E-state index is 0.129. The second-order valence-corrected chi connectivity index (χ2v) is 4.63. The van der Waals surface area contributed by atoms with Crippen molar-refractivity contribution in [2.75, 3.05) is 23.9 Å². The average molecular weight is 268 g/mol. The molecule has 0 fully saturated rings. The molecule has 2 amide bonds. The number of amides is 2. The first kappa shape index (κ1) is 14.5. The van der Waals surface area contributed by atoms with Gasteiger partial charge in [0.1, 0.15) is 0 Å². The van der Waals surface area contributed by atoms with E-state index in [9.17, 15) is 9.59 Å². The lowest BCUT2D eigenvalue weighted by molar-refractivity contribution is -0.128. The van der Waals surface area contributed by atoms with Crippen molar-refractivity contribution in [3.05, 3.63) is 29.8 Å². The number of hydrogen-bond acceptors (Lipinski definition) is 4. The SMILES string of the molecule is CONC(=O)CSCC(=O)Nc1cccc(C)c1. The molecule has 0 saturated heterocycles. The Morgan fingerprint density at radius 2 is 2.00 bits per heavy atom. The van der Waals surface area contributed by atoms with E-state index >= 15 is 0 Å². The molecule has 0 aliphatic carbocycles. The number of anilines is 1. The third kappa shape index (κ3) is 5.70. The molecule has 0 bridgehead atoms. The van der Waals surface area contributed by atoms with Gasteiger partial charge < -0.3 is 5.32 Å². The van der Waals surface area contributed by atoms with Crippen LogP contribution in [0.1, 0.15) is 5.56 Å². The standard InChI is InChI=1S/C12H16N2O3S/c1-9-4-3-5-10(6-9)13-11(15)7-18-8-12(16)14-17-2/h3-6H,7-8H2,1-2H3,(H,13,15)(H,14,16). The van der Waals surface area contributed by atoms with E-state index in [2.05, 4.69) is 15.6 Å². The van der Waals surface area contributed by atoms with E-state index in [1.807, 2.05) is 31.2 Å². The van der Waals surface area contributed by atoms with E-state index in [0.29, 0.717) is 0 Å². The van der Waals surface area contributed by atoms with Crippen molar-refractivity contribution in [2.45, 2.75) is 6.92 Å². The van der Waals surface area contributed by atoms with Crippen LogP contribution >= 0.6 is 11.8 Å². The Kier molecular flexibility index (Phi) is 6.24. The van der Waals surface area contributed by atoms with Crippen molar-refractivity contribution < 1.29 is 14.4 Å². The molecule has 0 aliphatic rings. The highest BCUT2D eigenvalue weighted by Gasteiger charge is 2.05. The topological polar surface area (TPSA) is 67.4 Å². The van der Waals surface area contributed by atoms with Crippen molar-refractivity contribution in [1.82, 2.24) is 5.48 Å². The Morgan fingerprint density at radius 1 is 1.28 bits per heavy atom. The zero-order chi connectivity index (χ0) is 13.4. The minimum Gasteiger partial charge on any atom is -0.325 e. The lowest BCUT2D eigenvalue weighted by atomic mass is 10.2.